The second-order valence-corrected chi connectivity index (χ2v) is 6.10. The maximum Gasteiger partial charge on any atom is 0.107 e. The second-order valence-electron chi connectivity index (χ2n) is 5.15. The van der Waals surface area contributed by atoms with Crippen LogP contribution in [0.5, 0.6) is 0 Å². The van der Waals surface area contributed by atoms with Crippen molar-refractivity contribution < 1.29 is 4.74 Å². The van der Waals surface area contributed by atoms with Gasteiger partial charge in [0.2, 0.25) is 0 Å². The Balaban J connectivity index is 2.48. The number of hydrogen-bond acceptors (Lipinski definition) is 3. The van der Waals surface area contributed by atoms with Gasteiger partial charge < -0.3 is 10.5 Å². The Morgan fingerprint density at radius 1 is 1.35 bits per heavy atom. The number of nitrogens with two attached hydrogens (primary N) is 1. The van der Waals surface area contributed by atoms with Crippen molar-refractivity contribution >= 4 is 11.3 Å². The van der Waals surface area contributed by atoms with Crippen LogP contribution in [0.25, 0.3) is 0 Å². The van der Waals surface area contributed by atoms with E-state index in [1.165, 1.54) is 16.9 Å². The molecule has 98 valence electrons. The molecule has 2 atom stereocenters. The molecule has 0 saturated carbocycles. The summed E-state index contributed by atoms with van der Waals surface area (Å²) in [6, 6.07) is 2.18. The molecule has 0 spiro atoms. The fraction of sp³-hybridized carbons (Fsp3) is 0.714. The van der Waals surface area contributed by atoms with Gasteiger partial charge in [0, 0.05) is 17.5 Å². The molecule has 1 rings (SSSR count). The first-order valence-electron chi connectivity index (χ1n) is 6.43. The largest absolute Gasteiger partial charge is 0.371 e. The van der Waals surface area contributed by atoms with E-state index in [1.54, 1.807) is 11.3 Å². The Labute approximate surface area is 109 Å². The van der Waals surface area contributed by atoms with Crippen LogP contribution in [0.3, 0.4) is 0 Å². The van der Waals surface area contributed by atoms with Crippen LogP contribution in [0.1, 0.15) is 50.2 Å². The molecule has 0 bridgehead atoms. The topological polar surface area (TPSA) is 35.2 Å². The summed E-state index contributed by atoms with van der Waals surface area (Å²) in [4.78, 5) is 1.28. The van der Waals surface area contributed by atoms with Gasteiger partial charge >= 0.3 is 0 Å². The molecule has 2 unspecified atom stereocenters. The van der Waals surface area contributed by atoms with Crippen molar-refractivity contribution in [2.45, 2.75) is 52.7 Å². The number of thiophene rings is 1. The van der Waals surface area contributed by atoms with Crippen molar-refractivity contribution in [3.8, 4) is 0 Å². The van der Waals surface area contributed by atoms with Gasteiger partial charge in [-0.1, -0.05) is 13.8 Å². The fourth-order valence-corrected chi connectivity index (χ4v) is 2.93. The second kappa shape index (κ2) is 7.14. The molecule has 1 heterocycles. The lowest BCUT2D eigenvalue weighted by molar-refractivity contribution is 0.0368. The summed E-state index contributed by atoms with van der Waals surface area (Å²) < 4.78 is 5.96. The molecule has 0 fully saturated rings. The van der Waals surface area contributed by atoms with Crippen LogP contribution in [0.15, 0.2) is 11.4 Å². The van der Waals surface area contributed by atoms with E-state index in [2.05, 4.69) is 32.2 Å². The first kappa shape index (κ1) is 14.7. The standard InChI is InChI=1S/C14H25NOS/c1-10(2)6-5-8-16-13(12(4)15)14-11(3)7-9-17-14/h7,9-10,12-13H,5-6,8,15H2,1-4H3. The summed E-state index contributed by atoms with van der Waals surface area (Å²) in [5, 5.41) is 2.11. The maximum absolute atomic E-state index is 6.02. The molecule has 1 aromatic heterocycles. The highest BCUT2D eigenvalue weighted by molar-refractivity contribution is 7.10. The van der Waals surface area contributed by atoms with Crippen LogP contribution in [-0.2, 0) is 4.74 Å². The van der Waals surface area contributed by atoms with Gasteiger partial charge in [-0.15, -0.1) is 11.3 Å². The zero-order valence-corrected chi connectivity index (χ0v) is 12.2. The highest BCUT2D eigenvalue weighted by atomic mass is 32.1. The summed E-state index contributed by atoms with van der Waals surface area (Å²) in [5.41, 5.74) is 7.31. The Hall–Kier alpha value is -0.380. The predicted octanol–water partition coefficient (Wildman–Crippen LogP) is 3.90. The van der Waals surface area contributed by atoms with Crippen molar-refractivity contribution in [3.05, 3.63) is 21.9 Å². The van der Waals surface area contributed by atoms with Crippen molar-refractivity contribution in [2.24, 2.45) is 11.7 Å². The first-order chi connectivity index (χ1) is 8.02. The molecule has 0 aliphatic heterocycles. The fourth-order valence-electron chi connectivity index (χ4n) is 1.84. The van der Waals surface area contributed by atoms with Gasteiger partial charge in [-0.3, -0.25) is 0 Å². The van der Waals surface area contributed by atoms with Gasteiger partial charge in [0.15, 0.2) is 0 Å². The molecule has 17 heavy (non-hydrogen) atoms. The highest BCUT2D eigenvalue weighted by Crippen LogP contribution is 2.29. The average Bonchev–Trinajstić information content (AvgIpc) is 2.63. The smallest absolute Gasteiger partial charge is 0.107 e. The monoisotopic (exact) mass is 255 g/mol. The lowest BCUT2D eigenvalue weighted by Gasteiger charge is -2.21. The predicted molar refractivity (Wildman–Crippen MR) is 75.5 cm³/mol. The van der Waals surface area contributed by atoms with Crippen LogP contribution in [0.2, 0.25) is 0 Å². The van der Waals surface area contributed by atoms with E-state index in [9.17, 15) is 0 Å². The molecule has 1 aromatic rings. The third-order valence-corrected chi connectivity index (χ3v) is 3.94. The van der Waals surface area contributed by atoms with Crippen molar-refractivity contribution in [1.82, 2.24) is 0 Å². The Morgan fingerprint density at radius 3 is 2.53 bits per heavy atom. The number of rotatable bonds is 7. The zero-order chi connectivity index (χ0) is 12.8. The van der Waals surface area contributed by atoms with Crippen LogP contribution >= 0.6 is 11.3 Å². The summed E-state index contributed by atoms with van der Waals surface area (Å²) >= 11 is 1.75. The van der Waals surface area contributed by atoms with Crippen LogP contribution < -0.4 is 5.73 Å². The third kappa shape index (κ3) is 4.78. The van der Waals surface area contributed by atoms with E-state index in [1.807, 2.05) is 6.92 Å². The molecule has 2 nitrogen and oxygen atoms in total. The molecule has 0 aliphatic carbocycles. The van der Waals surface area contributed by atoms with Crippen molar-refractivity contribution in [1.29, 1.82) is 0 Å². The van der Waals surface area contributed by atoms with Crippen molar-refractivity contribution in [2.75, 3.05) is 6.61 Å². The van der Waals surface area contributed by atoms with Crippen LogP contribution in [0, 0.1) is 12.8 Å². The molecule has 0 aromatic carbocycles. The van der Waals surface area contributed by atoms with Gasteiger partial charge in [0.1, 0.15) is 6.10 Å². The minimum Gasteiger partial charge on any atom is -0.371 e. The van der Waals surface area contributed by atoms with Gasteiger partial charge in [-0.05, 0) is 49.6 Å². The van der Waals surface area contributed by atoms with Crippen LogP contribution in [0.4, 0.5) is 0 Å². The first-order valence-corrected chi connectivity index (χ1v) is 7.31. The van der Waals surface area contributed by atoms with Gasteiger partial charge in [0.25, 0.3) is 0 Å². The maximum atomic E-state index is 6.02. The number of aryl methyl sites for hydroxylation is 1. The Kier molecular flexibility index (Phi) is 6.17. The Bertz CT molecular complexity index is 320. The minimum absolute atomic E-state index is 0.0476. The van der Waals surface area contributed by atoms with E-state index < -0.39 is 0 Å². The molecule has 0 radical (unpaired) electrons. The zero-order valence-electron chi connectivity index (χ0n) is 11.4. The average molecular weight is 255 g/mol. The third-order valence-electron chi connectivity index (χ3n) is 2.86. The number of hydrogen-bond donors (Lipinski definition) is 1. The van der Waals surface area contributed by atoms with E-state index in [-0.39, 0.29) is 12.1 Å². The molecular weight excluding hydrogens is 230 g/mol. The Morgan fingerprint density at radius 2 is 2.06 bits per heavy atom. The molecular formula is C14H25NOS. The number of ether oxygens (including phenoxy) is 1. The molecule has 0 saturated heterocycles. The molecule has 2 N–H and O–H groups in total. The quantitative estimate of drug-likeness (QED) is 0.750. The summed E-state index contributed by atoms with van der Waals surface area (Å²) in [7, 11) is 0. The lowest BCUT2D eigenvalue weighted by Crippen LogP contribution is -2.27. The molecule has 0 aliphatic rings. The van der Waals surface area contributed by atoms with Gasteiger partial charge in [0.05, 0.1) is 0 Å². The van der Waals surface area contributed by atoms with E-state index in [0.717, 1.165) is 18.9 Å². The lowest BCUT2D eigenvalue weighted by atomic mass is 10.1. The highest BCUT2D eigenvalue weighted by Gasteiger charge is 2.19. The molecule has 3 heteroatoms. The summed E-state index contributed by atoms with van der Waals surface area (Å²) in [6.07, 6.45) is 2.39. The van der Waals surface area contributed by atoms with Gasteiger partial charge in [-0.2, -0.15) is 0 Å². The normalized spacial score (nSPS) is 15.2. The van der Waals surface area contributed by atoms with Crippen LogP contribution in [-0.4, -0.2) is 12.6 Å². The van der Waals surface area contributed by atoms with Crippen molar-refractivity contribution in [3.63, 3.8) is 0 Å². The SMILES string of the molecule is Cc1ccsc1C(OCCCC(C)C)C(C)N. The van der Waals surface area contributed by atoms with E-state index >= 15 is 0 Å². The summed E-state index contributed by atoms with van der Waals surface area (Å²) in [5.74, 6) is 0.746. The van der Waals surface area contributed by atoms with E-state index in [4.69, 9.17) is 10.5 Å². The molecule has 0 amide bonds. The van der Waals surface area contributed by atoms with E-state index in [0.29, 0.717) is 0 Å². The minimum atomic E-state index is 0.0476. The summed E-state index contributed by atoms with van der Waals surface area (Å²) in [6.45, 7) is 9.44. The van der Waals surface area contributed by atoms with Gasteiger partial charge in [-0.25, -0.2) is 0 Å².